The molecular weight excluding hydrogens is 276 g/mol. The molecule has 3 rings (SSSR count). The number of hydrogen-bond acceptors (Lipinski definition) is 3. The molecule has 0 unspecified atom stereocenters. The number of hydrogen-bond donors (Lipinski definition) is 0. The van der Waals surface area contributed by atoms with Crippen LogP contribution in [-0.2, 0) is 11.3 Å². The Labute approximate surface area is 133 Å². The van der Waals surface area contributed by atoms with Gasteiger partial charge in [-0.05, 0) is 38.2 Å². The smallest absolute Gasteiger partial charge is 0.410 e. The SMILES string of the molecule is CC(C)(C)OC(=O)N1CC(C2CN(Cc3ccccc3)C2)C1. The van der Waals surface area contributed by atoms with E-state index in [1.807, 2.05) is 25.7 Å². The van der Waals surface area contributed by atoms with Gasteiger partial charge in [-0.2, -0.15) is 0 Å². The summed E-state index contributed by atoms with van der Waals surface area (Å²) in [5.41, 5.74) is 0.982. The molecule has 120 valence electrons. The highest BCUT2D eigenvalue weighted by Gasteiger charge is 2.42. The van der Waals surface area contributed by atoms with E-state index in [1.165, 1.54) is 5.56 Å². The average molecular weight is 302 g/mol. The molecule has 22 heavy (non-hydrogen) atoms. The molecule has 2 aliphatic rings. The van der Waals surface area contributed by atoms with Crippen LogP contribution in [0.25, 0.3) is 0 Å². The highest BCUT2D eigenvalue weighted by Crippen LogP contribution is 2.32. The summed E-state index contributed by atoms with van der Waals surface area (Å²) in [6.07, 6.45) is -0.163. The summed E-state index contributed by atoms with van der Waals surface area (Å²) in [4.78, 5) is 16.2. The Kier molecular flexibility index (Phi) is 4.13. The molecule has 1 amide bonds. The monoisotopic (exact) mass is 302 g/mol. The van der Waals surface area contributed by atoms with Gasteiger partial charge in [-0.25, -0.2) is 4.79 Å². The Balaban J connectivity index is 1.36. The molecule has 2 aliphatic heterocycles. The minimum atomic E-state index is -0.398. The van der Waals surface area contributed by atoms with Crippen molar-refractivity contribution in [3.05, 3.63) is 35.9 Å². The van der Waals surface area contributed by atoms with E-state index in [2.05, 4.69) is 35.2 Å². The quantitative estimate of drug-likeness (QED) is 0.860. The molecule has 0 aromatic heterocycles. The van der Waals surface area contributed by atoms with E-state index in [0.717, 1.165) is 38.6 Å². The second-order valence-electron chi connectivity index (χ2n) is 7.59. The van der Waals surface area contributed by atoms with Crippen LogP contribution in [0.15, 0.2) is 30.3 Å². The fourth-order valence-electron chi connectivity index (χ4n) is 3.17. The summed E-state index contributed by atoms with van der Waals surface area (Å²) in [6.45, 7) is 10.8. The van der Waals surface area contributed by atoms with Crippen LogP contribution in [0.3, 0.4) is 0 Å². The van der Waals surface area contributed by atoms with Gasteiger partial charge in [0.1, 0.15) is 5.60 Å². The van der Waals surface area contributed by atoms with Gasteiger partial charge < -0.3 is 9.64 Å². The Morgan fingerprint density at radius 2 is 1.68 bits per heavy atom. The highest BCUT2D eigenvalue weighted by atomic mass is 16.6. The first kappa shape index (κ1) is 15.3. The standard InChI is InChI=1S/C18H26N2O2/c1-18(2,3)22-17(21)20-12-16(13-20)15-10-19(11-15)9-14-7-5-4-6-8-14/h4-8,15-16H,9-13H2,1-3H3. The first-order chi connectivity index (χ1) is 10.4. The molecule has 2 saturated heterocycles. The molecule has 0 N–H and O–H groups in total. The van der Waals surface area contributed by atoms with Gasteiger partial charge in [-0.1, -0.05) is 30.3 Å². The zero-order valence-electron chi connectivity index (χ0n) is 13.8. The lowest BCUT2D eigenvalue weighted by Crippen LogP contribution is -2.60. The Morgan fingerprint density at radius 3 is 2.27 bits per heavy atom. The Hall–Kier alpha value is -1.55. The maximum absolute atomic E-state index is 11.9. The van der Waals surface area contributed by atoms with Crippen LogP contribution in [0.2, 0.25) is 0 Å². The summed E-state index contributed by atoms with van der Waals surface area (Å²) in [5, 5.41) is 0. The molecule has 0 saturated carbocycles. The number of benzene rings is 1. The van der Waals surface area contributed by atoms with Gasteiger partial charge in [0.05, 0.1) is 0 Å². The predicted octanol–water partition coefficient (Wildman–Crippen LogP) is 2.99. The minimum Gasteiger partial charge on any atom is -0.444 e. The van der Waals surface area contributed by atoms with Gasteiger partial charge in [-0.15, -0.1) is 0 Å². The minimum absolute atomic E-state index is 0.163. The molecule has 0 spiro atoms. The normalized spacial score (nSPS) is 20.4. The third-order valence-corrected chi connectivity index (χ3v) is 4.46. The van der Waals surface area contributed by atoms with Crippen LogP contribution >= 0.6 is 0 Å². The summed E-state index contributed by atoms with van der Waals surface area (Å²) >= 11 is 0. The van der Waals surface area contributed by atoms with E-state index < -0.39 is 5.60 Å². The van der Waals surface area contributed by atoms with E-state index in [0.29, 0.717) is 5.92 Å². The van der Waals surface area contributed by atoms with E-state index in [-0.39, 0.29) is 6.09 Å². The van der Waals surface area contributed by atoms with E-state index in [1.54, 1.807) is 0 Å². The van der Waals surface area contributed by atoms with Crippen molar-refractivity contribution in [1.82, 2.24) is 9.80 Å². The molecule has 4 heteroatoms. The lowest BCUT2D eigenvalue weighted by Gasteiger charge is -2.50. The van der Waals surface area contributed by atoms with Crippen LogP contribution in [-0.4, -0.2) is 47.7 Å². The second-order valence-corrected chi connectivity index (χ2v) is 7.59. The molecule has 1 aromatic rings. The molecule has 4 nitrogen and oxygen atoms in total. The topological polar surface area (TPSA) is 32.8 Å². The number of nitrogens with zero attached hydrogens (tertiary/aromatic N) is 2. The maximum Gasteiger partial charge on any atom is 0.410 e. The van der Waals surface area contributed by atoms with Crippen molar-refractivity contribution in [2.75, 3.05) is 26.2 Å². The summed E-state index contributed by atoms with van der Waals surface area (Å²) in [7, 11) is 0. The fourth-order valence-corrected chi connectivity index (χ4v) is 3.17. The molecule has 1 aromatic carbocycles. The maximum atomic E-state index is 11.9. The van der Waals surface area contributed by atoms with E-state index in [4.69, 9.17) is 4.74 Å². The molecule has 0 bridgehead atoms. The fraction of sp³-hybridized carbons (Fsp3) is 0.611. The number of carbonyl (C=O) groups is 1. The first-order valence-electron chi connectivity index (χ1n) is 8.15. The number of likely N-dealkylation sites (tertiary alicyclic amines) is 2. The lowest BCUT2D eigenvalue weighted by atomic mass is 9.80. The predicted molar refractivity (Wildman–Crippen MR) is 86.5 cm³/mol. The van der Waals surface area contributed by atoms with E-state index in [9.17, 15) is 4.79 Å². The Morgan fingerprint density at radius 1 is 1.09 bits per heavy atom. The molecule has 0 aliphatic carbocycles. The summed E-state index contributed by atoms with van der Waals surface area (Å²) in [6, 6.07) is 10.6. The average Bonchev–Trinajstić information content (AvgIpc) is 2.32. The largest absolute Gasteiger partial charge is 0.444 e. The van der Waals surface area contributed by atoms with Crippen molar-refractivity contribution < 1.29 is 9.53 Å². The van der Waals surface area contributed by atoms with Crippen LogP contribution in [0.1, 0.15) is 26.3 Å². The van der Waals surface area contributed by atoms with Gasteiger partial charge >= 0.3 is 6.09 Å². The number of amides is 1. The van der Waals surface area contributed by atoms with Crippen LogP contribution in [0.4, 0.5) is 4.79 Å². The van der Waals surface area contributed by atoms with Gasteiger partial charge in [0, 0.05) is 32.7 Å². The van der Waals surface area contributed by atoms with Gasteiger partial charge in [0.15, 0.2) is 0 Å². The third-order valence-electron chi connectivity index (χ3n) is 4.46. The zero-order valence-corrected chi connectivity index (χ0v) is 13.8. The van der Waals surface area contributed by atoms with Gasteiger partial charge in [0.25, 0.3) is 0 Å². The molecule has 0 radical (unpaired) electrons. The number of carbonyl (C=O) groups excluding carboxylic acids is 1. The van der Waals surface area contributed by atoms with Crippen molar-refractivity contribution >= 4 is 6.09 Å². The molecule has 2 heterocycles. The van der Waals surface area contributed by atoms with Crippen LogP contribution in [0.5, 0.6) is 0 Å². The Bertz CT molecular complexity index is 512. The number of rotatable bonds is 3. The first-order valence-corrected chi connectivity index (χ1v) is 8.15. The van der Waals surface area contributed by atoms with Crippen molar-refractivity contribution in [1.29, 1.82) is 0 Å². The highest BCUT2D eigenvalue weighted by molar-refractivity contribution is 5.69. The van der Waals surface area contributed by atoms with Gasteiger partial charge in [0.2, 0.25) is 0 Å². The molecule has 0 atom stereocenters. The molecule has 2 fully saturated rings. The summed E-state index contributed by atoms with van der Waals surface area (Å²) in [5.74, 6) is 1.39. The van der Waals surface area contributed by atoms with Gasteiger partial charge in [-0.3, -0.25) is 4.90 Å². The van der Waals surface area contributed by atoms with Crippen molar-refractivity contribution in [3.63, 3.8) is 0 Å². The lowest BCUT2D eigenvalue weighted by molar-refractivity contribution is -0.0410. The zero-order chi connectivity index (χ0) is 15.7. The van der Waals surface area contributed by atoms with Crippen molar-refractivity contribution in [2.45, 2.75) is 32.9 Å². The van der Waals surface area contributed by atoms with Crippen molar-refractivity contribution in [2.24, 2.45) is 11.8 Å². The van der Waals surface area contributed by atoms with Crippen LogP contribution in [0, 0.1) is 11.8 Å². The second kappa shape index (κ2) is 5.92. The van der Waals surface area contributed by atoms with Crippen LogP contribution < -0.4 is 0 Å². The molecular formula is C18H26N2O2. The number of ether oxygens (including phenoxy) is 1. The van der Waals surface area contributed by atoms with Crippen molar-refractivity contribution in [3.8, 4) is 0 Å². The summed E-state index contributed by atoms with van der Waals surface area (Å²) < 4.78 is 5.40. The van der Waals surface area contributed by atoms with E-state index >= 15 is 0 Å². The third kappa shape index (κ3) is 3.61.